The van der Waals surface area contributed by atoms with Crippen LogP contribution in [0.25, 0.3) is 0 Å². The number of carbonyl (C=O) groups is 2. The van der Waals surface area contributed by atoms with Crippen LogP contribution in [0.1, 0.15) is 34.8 Å². The fourth-order valence-electron chi connectivity index (χ4n) is 2.48. The van der Waals surface area contributed by atoms with Crippen LogP contribution in [0.15, 0.2) is 34.8 Å². The summed E-state index contributed by atoms with van der Waals surface area (Å²) in [7, 11) is 0. The Labute approximate surface area is 199 Å². The average Bonchev–Trinajstić information content (AvgIpc) is 2.73. The number of aryl methyl sites for hydroxylation is 2. The van der Waals surface area contributed by atoms with Crippen molar-refractivity contribution < 1.29 is 19.1 Å². The summed E-state index contributed by atoms with van der Waals surface area (Å²) in [5, 5.41) is 3.09. The summed E-state index contributed by atoms with van der Waals surface area (Å²) in [5.74, 6) is 0.277. The highest BCUT2D eigenvalue weighted by atomic mass is 79.9. The SMILES string of the molecule is CCCOc1ccc(C(=O)NC(=S)NNC(=O)COc2cc(C)c(Cl)c(C)c2)cc1Br. The second kappa shape index (κ2) is 11.9. The van der Waals surface area contributed by atoms with E-state index in [1.807, 2.05) is 20.8 Å². The molecule has 0 fully saturated rings. The summed E-state index contributed by atoms with van der Waals surface area (Å²) in [6.07, 6.45) is 0.879. The van der Waals surface area contributed by atoms with Crippen LogP contribution in [0.4, 0.5) is 0 Å². The molecule has 0 saturated carbocycles. The monoisotopic (exact) mass is 527 g/mol. The molecule has 0 atom stereocenters. The standard InChI is InChI=1S/C21H23BrClN3O4S/c1-4-7-29-17-6-5-14(10-16(17)22)20(28)24-21(31)26-25-18(27)11-30-15-8-12(2)19(23)13(3)9-15/h5-6,8-10H,4,7,11H2,1-3H3,(H,25,27)(H2,24,26,28,31). The Morgan fingerprint density at radius 3 is 2.39 bits per heavy atom. The quantitative estimate of drug-likeness (QED) is 0.368. The Kier molecular flexibility index (Phi) is 9.54. The van der Waals surface area contributed by atoms with Crippen molar-refractivity contribution in [2.24, 2.45) is 0 Å². The van der Waals surface area contributed by atoms with Crippen molar-refractivity contribution in [1.82, 2.24) is 16.2 Å². The highest BCUT2D eigenvalue weighted by Gasteiger charge is 2.12. The van der Waals surface area contributed by atoms with E-state index < -0.39 is 11.8 Å². The first kappa shape index (κ1) is 24.9. The molecule has 0 aliphatic rings. The Bertz CT molecular complexity index is 964. The molecule has 10 heteroatoms. The molecule has 2 aromatic carbocycles. The van der Waals surface area contributed by atoms with Crippen molar-refractivity contribution in [2.45, 2.75) is 27.2 Å². The number of carbonyl (C=O) groups excluding carboxylic acids is 2. The van der Waals surface area contributed by atoms with Gasteiger partial charge in [-0.2, -0.15) is 0 Å². The van der Waals surface area contributed by atoms with Gasteiger partial charge in [0.1, 0.15) is 11.5 Å². The molecule has 166 valence electrons. The molecule has 31 heavy (non-hydrogen) atoms. The van der Waals surface area contributed by atoms with Crippen LogP contribution >= 0.6 is 39.7 Å². The predicted molar refractivity (Wildman–Crippen MR) is 128 cm³/mol. The largest absolute Gasteiger partial charge is 0.492 e. The van der Waals surface area contributed by atoms with Gasteiger partial charge >= 0.3 is 0 Å². The van der Waals surface area contributed by atoms with Crippen molar-refractivity contribution in [3.8, 4) is 11.5 Å². The van der Waals surface area contributed by atoms with Gasteiger partial charge in [0.05, 0.1) is 11.1 Å². The summed E-state index contributed by atoms with van der Waals surface area (Å²) in [6, 6.07) is 8.45. The fraction of sp³-hybridized carbons (Fsp3) is 0.286. The molecule has 0 radical (unpaired) electrons. The van der Waals surface area contributed by atoms with E-state index >= 15 is 0 Å². The number of halogens is 2. The van der Waals surface area contributed by atoms with E-state index in [9.17, 15) is 9.59 Å². The Morgan fingerprint density at radius 2 is 1.77 bits per heavy atom. The first-order chi connectivity index (χ1) is 14.7. The maximum absolute atomic E-state index is 12.3. The third-order valence-corrected chi connectivity index (χ3v) is 5.40. The molecule has 0 saturated heterocycles. The molecule has 0 unspecified atom stereocenters. The van der Waals surface area contributed by atoms with Crippen LogP contribution < -0.4 is 25.6 Å². The van der Waals surface area contributed by atoms with Crippen LogP contribution in [0.3, 0.4) is 0 Å². The highest BCUT2D eigenvalue weighted by Crippen LogP contribution is 2.26. The first-order valence-electron chi connectivity index (χ1n) is 9.43. The highest BCUT2D eigenvalue weighted by molar-refractivity contribution is 9.10. The smallest absolute Gasteiger partial charge is 0.276 e. The van der Waals surface area contributed by atoms with Gasteiger partial charge in [-0.1, -0.05) is 18.5 Å². The summed E-state index contributed by atoms with van der Waals surface area (Å²) in [4.78, 5) is 24.3. The van der Waals surface area contributed by atoms with E-state index in [2.05, 4.69) is 32.1 Å². The molecule has 7 nitrogen and oxygen atoms in total. The van der Waals surface area contributed by atoms with Gasteiger partial charge in [-0.3, -0.25) is 25.8 Å². The van der Waals surface area contributed by atoms with Gasteiger partial charge in [0.25, 0.3) is 11.8 Å². The van der Waals surface area contributed by atoms with Gasteiger partial charge in [-0.05, 0) is 89.9 Å². The van der Waals surface area contributed by atoms with Gasteiger partial charge in [-0.15, -0.1) is 0 Å². The van der Waals surface area contributed by atoms with E-state index in [1.54, 1.807) is 30.3 Å². The summed E-state index contributed by atoms with van der Waals surface area (Å²) in [5.41, 5.74) is 6.93. The number of ether oxygens (including phenoxy) is 2. The summed E-state index contributed by atoms with van der Waals surface area (Å²) in [6.45, 7) is 6.06. The number of benzene rings is 2. The lowest BCUT2D eigenvalue weighted by molar-refractivity contribution is -0.123. The molecular weight excluding hydrogens is 506 g/mol. The van der Waals surface area contributed by atoms with E-state index in [-0.39, 0.29) is 11.7 Å². The van der Waals surface area contributed by atoms with E-state index in [0.29, 0.717) is 33.2 Å². The van der Waals surface area contributed by atoms with Crippen LogP contribution in [-0.4, -0.2) is 30.1 Å². The van der Waals surface area contributed by atoms with E-state index in [4.69, 9.17) is 33.3 Å². The number of amides is 2. The molecule has 0 aliphatic carbocycles. The van der Waals surface area contributed by atoms with Gasteiger partial charge in [0.15, 0.2) is 11.7 Å². The third-order valence-electron chi connectivity index (χ3n) is 3.98. The van der Waals surface area contributed by atoms with Crippen LogP contribution in [-0.2, 0) is 4.79 Å². The Balaban J connectivity index is 1.80. The lowest BCUT2D eigenvalue weighted by Crippen LogP contribution is -2.49. The normalized spacial score (nSPS) is 10.2. The zero-order valence-electron chi connectivity index (χ0n) is 17.3. The van der Waals surface area contributed by atoms with Crippen molar-refractivity contribution in [1.29, 1.82) is 0 Å². The van der Waals surface area contributed by atoms with Crippen LogP contribution in [0.2, 0.25) is 5.02 Å². The molecule has 3 N–H and O–H groups in total. The van der Waals surface area contributed by atoms with E-state index in [1.165, 1.54) is 0 Å². The fourth-order valence-corrected chi connectivity index (χ4v) is 3.22. The maximum Gasteiger partial charge on any atom is 0.276 e. The topological polar surface area (TPSA) is 88.7 Å². The van der Waals surface area contributed by atoms with Crippen molar-refractivity contribution >= 4 is 56.7 Å². The second-order valence-corrected chi connectivity index (χ2v) is 8.25. The minimum absolute atomic E-state index is 0.0565. The summed E-state index contributed by atoms with van der Waals surface area (Å²) < 4.78 is 11.7. The number of hydrogen-bond acceptors (Lipinski definition) is 5. The van der Waals surface area contributed by atoms with Gasteiger partial charge in [-0.25, -0.2) is 0 Å². The average molecular weight is 529 g/mol. The second-order valence-electron chi connectivity index (χ2n) is 6.61. The van der Waals surface area contributed by atoms with Gasteiger partial charge in [0, 0.05) is 10.6 Å². The van der Waals surface area contributed by atoms with Gasteiger partial charge < -0.3 is 9.47 Å². The third kappa shape index (κ3) is 7.68. The van der Waals surface area contributed by atoms with Crippen molar-refractivity contribution in [3.05, 3.63) is 56.5 Å². The maximum atomic E-state index is 12.3. The number of thiocarbonyl (C=S) groups is 1. The van der Waals surface area contributed by atoms with Gasteiger partial charge in [0.2, 0.25) is 0 Å². The zero-order valence-corrected chi connectivity index (χ0v) is 20.5. The van der Waals surface area contributed by atoms with E-state index in [0.717, 1.165) is 17.5 Å². The number of hydrazine groups is 1. The molecule has 2 amide bonds. The lowest BCUT2D eigenvalue weighted by atomic mass is 10.1. The Hall–Kier alpha value is -2.36. The first-order valence-corrected chi connectivity index (χ1v) is 11.0. The zero-order chi connectivity index (χ0) is 23.0. The molecule has 0 bridgehead atoms. The molecule has 0 spiro atoms. The molecule has 2 rings (SSSR count). The number of nitrogens with one attached hydrogen (secondary N) is 3. The number of hydrogen-bond donors (Lipinski definition) is 3. The van der Waals surface area contributed by atoms with Crippen LogP contribution in [0, 0.1) is 13.8 Å². The number of rotatable bonds is 7. The van der Waals surface area contributed by atoms with Crippen molar-refractivity contribution in [3.63, 3.8) is 0 Å². The molecule has 0 aliphatic heterocycles. The minimum Gasteiger partial charge on any atom is -0.492 e. The van der Waals surface area contributed by atoms with Crippen molar-refractivity contribution in [2.75, 3.05) is 13.2 Å². The molecule has 0 heterocycles. The molecule has 2 aromatic rings. The van der Waals surface area contributed by atoms with Crippen LogP contribution in [0.5, 0.6) is 11.5 Å². The molecule has 0 aromatic heterocycles. The summed E-state index contributed by atoms with van der Waals surface area (Å²) >= 11 is 14.5. The predicted octanol–water partition coefficient (Wildman–Crippen LogP) is 4.22. The molecular formula is C21H23BrClN3O4S. The lowest BCUT2D eigenvalue weighted by Gasteiger charge is -2.13. The Morgan fingerprint density at radius 1 is 1.10 bits per heavy atom. The minimum atomic E-state index is -0.470.